The highest BCUT2D eigenvalue weighted by Crippen LogP contribution is 2.36. The summed E-state index contributed by atoms with van der Waals surface area (Å²) in [6.45, 7) is 2.08. The molecule has 1 atom stereocenters. The molecule has 3 nitrogen and oxygen atoms in total. The second kappa shape index (κ2) is 3.93. The Morgan fingerprint density at radius 2 is 2.27 bits per heavy atom. The number of hydrogen-bond donors (Lipinski definition) is 0. The maximum atomic E-state index is 13.4. The van der Waals surface area contributed by atoms with Gasteiger partial charge in [-0.1, -0.05) is 0 Å². The fourth-order valence-corrected chi connectivity index (χ4v) is 1.80. The highest BCUT2D eigenvalue weighted by molar-refractivity contribution is 6.28. The van der Waals surface area contributed by atoms with Crippen LogP contribution in [0.2, 0.25) is 5.28 Å². The van der Waals surface area contributed by atoms with Crippen LogP contribution in [0.4, 0.5) is 10.2 Å². The first-order chi connectivity index (χ1) is 7.09. The van der Waals surface area contributed by atoms with E-state index in [0.717, 1.165) is 6.20 Å². The van der Waals surface area contributed by atoms with Gasteiger partial charge in [-0.3, -0.25) is 0 Å². The minimum atomic E-state index is -0.422. The van der Waals surface area contributed by atoms with E-state index in [9.17, 15) is 4.39 Å². The first-order valence-corrected chi connectivity index (χ1v) is 5.38. The van der Waals surface area contributed by atoms with Crippen LogP contribution in [0.15, 0.2) is 6.20 Å². The molecule has 1 fully saturated rings. The summed E-state index contributed by atoms with van der Waals surface area (Å²) in [5.74, 6) is 0.520. The molecule has 1 aliphatic rings. The third-order valence-electron chi connectivity index (χ3n) is 2.95. The van der Waals surface area contributed by atoms with Crippen molar-refractivity contribution in [2.75, 3.05) is 11.9 Å². The summed E-state index contributed by atoms with van der Waals surface area (Å²) in [5, 5.41) is 0.0845. The van der Waals surface area contributed by atoms with Crippen LogP contribution >= 0.6 is 11.6 Å². The second-order valence-corrected chi connectivity index (χ2v) is 4.34. The Hall–Kier alpha value is -0.900. The normalized spacial score (nSPS) is 17.6. The van der Waals surface area contributed by atoms with Crippen molar-refractivity contribution in [2.45, 2.75) is 25.8 Å². The van der Waals surface area contributed by atoms with Gasteiger partial charge in [0.1, 0.15) is 0 Å². The van der Waals surface area contributed by atoms with Crippen LogP contribution in [-0.4, -0.2) is 23.1 Å². The quantitative estimate of drug-likeness (QED) is 0.746. The van der Waals surface area contributed by atoms with Crippen molar-refractivity contribution in [1.29, 1.82) is 0 Å². The van der Waals surface area contributed by atoms with E-state index in [1.165, 1.54) is 12.8 Å². The Labute approximate surface area is 93.3 Å². The van der Waals surface area contributed by atoms with Gasteiger partial charge >= 0.3 is 0 Å². The molecule has 15 heavy (non-hydrogen) atoms. The predicted octanol–water partition coefficient (Wildman–Crippen LogP) is 2.50. The van der Waals surface area contributed by atoms with Gasteiger partial charge < -0.3 is 4.90 Å². The van der Waals surface area contributed by atoms with Gasteiger partial charge in [0.25, 0.3) is 0 Å². The number of anilines is 1. The van der Waals surface area contributed by atoms with Crippen molar-refractivity contribution >= 4 is 17.4 Å². The summed E-state index contributed by atoms with van der Waals surface area (Å²) in [5.41, 5.74) is 0. The zero-order chi connectivity index (χ0) is 11.0. The molecule has 0 saturated heterocycles. The van der Waals surface area contributed by atoms with Gasteiger partial charge in [0.2, 0.25) is 5.28 Å². The lowest BCUT2D eigenvalue weighted by Crippen LogP contribution is -2.32. The van der Waals surface area contributed by atoms with Gasteiger partial charge in [0.05, 0.1) is 6.20 Å². The Balaban J connectivity index is 2.23. The molecule has 1 aromatic heterocycles. The molecular weight excluding hydrogens is 217 g/mol. The molecule has 1 aliphatic carbocycles. The van der Waals surface area contributed by atoms with Crippen LogP contribution in [0.5, 0.6) is 0 Å². The molecule has 0 bridgehead atoms. The van der Waals surface area contributed by atoms with Crippen LogP contribution in [0.25, 0.3) is 0 Å². The minimum absolute atomic E-state index is 0.0845. The van der Waals surface area contributed by atoms with Crippen molar-refractivity contribution < 1.29 is 4.39 Å². The van der Waals surface area contributed by atoms with Crippen LogP contribution in [0, 0.1) is 11.7 Å². The predicted molar refractivity (Wildman–Crippen MR) is 57.6 cm³/mol. The lowest BCUT2D eigenvalue weighted by atomic mass is 10.2. The largest absolute Gasteiger partial charge is 0.354 e. The van der Waals surface area contributed by atoms with Crippen molar-refractivity contribution in [2.24, 2.45) is 5.92 Å². The van der Waals surface area contributed by atoms with E-state index >= 15 is 0 Å². The number of halogens is 2. The highest BCUT2D eigenvalue weighted by Gasteiger charge is 2.32. The zero-order valence-electron chi connectivity index (χ0n) is 8.74. The monoisotopic (exact) mass is 229 g/mol. The standard InChI is InChI=1S/C10H13ClFN3/c1-6(7-3-4-7)15(2)9-8(12)5-13-10(11)14-9/h5-7H,3-4H2,1-2H3. The smallest absolute Gasteiger partial charge is 0.224 e. The first-order valence-electron chi connectivity index (χ1n) is 5.00. The van der Waals surface area contributed by atoms with E-state index in [2.05, 4.69) is 16.9 Å². The fourth-order valence-electron chi connectivity index (χ4n) is 1.67. The molecule has 1 saturated carbocycles. The van der Waals surface area contributed by atoms with Crippen molar-refractivity contribution in [1.82, 2.24) is 9.97 Å². The Morgan fingerprint density at radius 3 is 2.87 bits per heavy atom. The topological polar surface area (TPSA) is 29.0 Å². The van der Waals surface area contributed by atoms with Gasteiger partial charge in [0, 0.05) is 13.1 Å². The third kappa shape index (κ3) is 2.20. The molecule has 1 heterocycles. The number of hydrogen-bond acceptors (Lipinski definition) is 3. The van der Waals surface area contributed by atoms with E-state index in [4.69, 9.17) is 11.6 Å². The molecule has 0 amide bonds. The minimum Gasteiger partial charge on any atom is -0.354 e. The van der Waals surface area contributed by atoms with E-state index < -0.39 is 5.82 Å². The van der Waals surface area contributed by atoms with Crippen LogP contribution in [0.1, 0.15) is 19.8 Å². The lowest BCUT2D eigenvalue weighted by molar-refractivity contribution is 0.564. The zero-order valence-corrected chi connectivity index (χ0v) is 9.50. The Kier molecular flexibility index (Phi) is 2.78. The molecule has 2 rings (SSSR count). The van der Waals surface area contributed by atoms with Crippen LogP contribution in [0.3, 0.4) is 0 Å². The van der Waals surface area contributed by atoms with Gasteiger partial charge in [-0.2, -0.15) is 4.98 Å². The second-order valence-electron chi connectivity index (χ2n) is 4.00. The van der Waals surface area contributed by atoms with Gasteiger partial charge in [0.15, 0.2) is 11.6 Å². The summed E-state index contributed by atoms with van der Waals surface area (Å²) in [6.07, 6.45) is 3.54. The molecule has 5 heteroatoms. The molecule has 0 spiro atoms. The van der Waals surface area contributed by atoms with Gasteiger partial charge in [-0.15, -0.1) is 0 Å². The Bertz CT molecular complexity index is 368. The number of aromatic nitrogens is 2. The average Bonchev–Trinajstić information content (AvgIpc) is 3.03. The maximum Gasteiger partial charge on any atom is 0.224 e. The maximum absolute atomic E-state index is 13.4. The van der Waals surface area contributed by atoms with Crippen molar-refractivity contribution in [3.05, 3.63) is 17.3 Å². The van der Waals surface area contributed by atoms with E-state index in [1.54, 1.807) is 0 Å². The first kappa shape index (κ1) is 10.6. The third-order valence-corrected chi connectivity index (χ3v) is 3.13. The van der Waals surface area contributed by atoms with Crippen LogP contribution in [-0.2, 0) is 0 Å². The fraction of sp³-hybridized carbons (Fsp3) is 0.600. The van der Waals surface area contributed by atoms with E-state index in [1.807, 2.05) is 11.9 Å². The molecule has 0 radical (unpaired) electrons. The molecule has 1 unspecified atom stereocenters. The molecule has 82 valence electrons. The van der Waals surface area contributed by atoms with Gasteiger partial charge in [-0.05, 0) is 37.3 Å². The van der Waals surface area contributed by atoms with E-state index in [0.29, 0.717) is 12.0 Å². The number of rotatable bonds is 3. The lowest BCUT2D eigenvalue weighted by Gasteiger charge is -2.25. The van der Waals surface area contributed by atoms with Gasteiger partial charge in [-0.25, -0.2) is 9.37 Å². The van der Waals surface area contributed by atoms with Crippen molar-refractivity contribution in [3.8, 4) is 0 Å². The average molecular weight is 230 g/mol. The molecule has 1 aromatic rings. The summed E-state index contributed by atoms with van der Waals surface area (Å²) >= 11 is 5.65. The molecule has 0 N–H and O–H groups in total. The highest BCUT2D eigenvalue weighted by atomic mass is 35.5. The van der Waals surface area contributed by atoms with E-state index in [-0.39, 0.29) is 11.1 Å². The summed E-state index contributed by atoms with van der Waals surface area (Å²) in [7, 11) is 1.84. The summed E-state index contributed by atoms with van der Waals surface area (Å²) in [4.78, 5) is 9.34. The Morgan fingerprint density at radius 1 is 1.60 bits per heavy atom. The van der Waals surface area contributed by atoms with Crippen LogP contribution < -0.4 is 4.90 Å². The molecule has 0 aliphatic heterocycles. The SMILES string of the molecule is CC(C1CC1)N(C)c1nc(Cl)ncc1F. The summed E-state index contributed by atoms with van der Waals surface area (Å²) < 4.78 is 13.4. The summed E-state index contributed by atoms with van der Waals surface area (Å²) in [6, 6.07) is 0.297. The number of nitrogens with zero attached hydrogens (tertiary/aromatic N) is 3. The van der Waals surface area contributed by atoms with Crippen molar-refractivity contribution in [3.63, 3.8) is 0 Å². The molecular formula is C10H13ClFN3. The molecule has 0 aromatic carbocycles.